The van der Waals surface area contributed by atoms with Gasteiger partial charge in [0.15, 0.2) is 11.5 Å². The van der Waals surface area contributed by atoms with Crippen LogP contribution in [0.2, 0.25) is 49.9 Å². The van der Waals surface area contributed by atoms with E-state index in [1.165, 1.54) is 0 Å². The molecule has 3 aromatic carbocycles. The zero-order valence-corrected chi connectivity index (χ0v) is 47.8. The number of aromatic hydroxyl groups is 1. The molecule has 13 heteroatoms. The zero-order valence-electron chi connectivity index (χ0n) is 43.5. The number of fused-ring (bicyclic) bond motifs is 1. The first kappa shape index (κ1) is 63.3. The van der Waals surface area contributed by atoms with E-state index in [0.29, 0.717) is 62.5 Å². The number of hydrogen-bond donors (Lipinski definition) is 1. The number of ether oxygens (including phenoxy) is 2. The van der Waals surface area contributed by atoms with E-state index in [2.05, 4.69) is 169 Å². The molecule has 0 spiro atoms. The van der Waals surface area contributed by atoms with Crippen LogP contribution in [0.1, 0.15) is 136 Å². The average Bonchev–Trinajstić information content (AvgIpc) is 3.26. The molecule has 66 heavy (non-hydrogen) atoms. The molecule has 0 aliphatic carbocycles. The Labute approximate surface area is 414 Å². The third-order valence-corrected chi connectivity index (χ3v) is 32.5. The summed E-state index contributed by atoms with van der Waals surface area (Å²) in [4.78, 5) is 0. The van der Waals surface area contributed by atoms with Crippen LogP contribution in [-0.2, 0) is 44.6 Å². The SMILES string of the molecule is COc1c2c(c(O)c(-c3ccccc3)c1-c1ccccc1)[C@@H](O[Si](C(C)C)(C(C)C)C(C)C)[C@H](O[Si](C(C)C)(C(C)C)C(C)C)[C@@H](CO[Si](C(C)C)(C(C)C)C(C)C)O2.[C-]#[O+].[C-]#[O+].[C-]#[O+].[Cr]. The summed E-state index contributed by atoms with van der Waals surface area (Å²) in [6.07, 6.45) is -1.73. The third kappa shape index (κ3) is 12.6. The van der Waals surface area contributed by atoms with Gasteiger partial charge in [-0.25, -0.2) is 0 Å². The van der Waals surface area contributed by atoms with Crippen LogP contribution in [0.3, 0.4) is 0 Å². The van der Waals surface area contributed by atoms with Crippen molar-refractivity contribution in [3.63, 3.8) is 0 Å². The molecule has 366 valence electrons. The molecule has 3 aromatic rings. The second kappa shape index (κ2) is 28.1. The van der Waals surface area contributed by atoms with E-state index >= 15 is 0 Å². The molecule has 1 aliphatic heterocycles. The van der Waals surface area contributed by atoms with Gasteiger partial charge in [-0.15, -0.1) is 0 Å². The number of benzene rings is 3. The summed E-state index contributed by atoms with van der Waals surface area (Å²) in [5.74, 6) is 1.27. The number of phenols is 1. The van der Waals surface area contributed by atoms with Crippen LogP contribution in [0.25, 0.3) is 22.3 Å². The molecule has 1 N–H and O–H groups in total. The van der Waals surface area contributed by atoms with Gasteiger partial charge < -0.3 is 27.9 Å². The van der Waals surface area contributed by atoms with E-state index < -0.39 is 43.3 Å². The van der Waals surface area contributed by atoms with Crippen LogP contribution >= 0.6 is 0 Å². The van der Waals surface area contributed by atoms with Gasteiger partial charge in [-0.3, -0.25) is 0 Å². The average molecular weight is 999 g/mol. The molecule has 9 nitrogen and oxygen atoms in total. The van der Waals surface area contributed by atoms with Gasteiger partial charge in [-0.05, 0) is 61.0 Å². The standard InChI is InChI=1S/C50H82O6Si3.3CO.Cr/c1-31(2)57(32(3)4,33(5)6)53-30-42-47(55-58(34(7)8,35(9)10)36(11)12)50(56-59(37(13)14,38(15)16)39(17)18)45-46(51)43(40-26-22-20-23-27-40)44(41-28-24-21-25-29-41)48(52-19)49(45)54-42;3*1-2;/h20-29,31-39,42,47,50-51H,30H2,1-19H3;;;;/t42-,47-,50-;;;;/m1..../s1. The van der Waals surface area contributed by atoms with Crippen molar-refractivity contribution in [3.8, 4) is 39.5 Å². The second-order valence-electron chi connectivity index (χ2n) is 20.1. The van der Waals surface area contributed by atoms with E-state index in [9.17, 15) is 5.11 Å². The Morgan fingerprint density at radius 2 is 0.864 bits per heavy atom. The molecule has 0 amide bonds. The zero-order chi connectivity index (χ0) is 50.4. The Kier molecular flexibility index (Phi) is 27.0. The fourth-order valence-electron chi connectivity index (χ4n) is 12.0. The minimum atomic E-state index is -2.65. The minimum Gasteiger partial charge on any atom is 0 e. The van der Waals surface area contributed by atoms with Crippen LogP contribution in [-0.4, -0.2) is 56.0 Å². The van der Waals surface area contributed by atoms with Crippen LogP contribution in [0.15, 0.2) is 60.7 Å². The maximum Gasteiger partial charge on any atom is 0 e. The molecule has 0 radical (unpaired) electrons. The van der Waals surface area contributed by atoms with Crippen LogP contribution < -0.4 is 9.47 Å². The summed E-state index contributed by atoms with van der Waals surface area (Å²) in [5, 5.41) is 13.3. The van der Waals surface area contributed by atoms with Gasteiger partial charge in [0, 0.05) is 28.5 Å². The summed E-state index contributed by atoms with van der Waals surface area (Å²) in [5.41, 5.74) is 6.91. The maximum absolute atomic E-state index is 13.3. The van der Waals surface area contributed by atoms with E-state index in [-0.39, 0.29) is 39.7 Å². The summed E-state index contributed by atoms with van der Waals surface area (Å²) >= 11 is 0. The molecule has 0 unspecified atom stereocenters. The van der Waals surface area contributed by atoms with Gasteiger partial charge >= 0.3 is 33.9 Å². The fraction of sp³-hybridized carbons (Fsp3) is 0.604. The molecule has 0 saturated heterocycles. The minimum absolute atomic E-state index is 0. The fourth-order valence-corrected chi connectivity index (χ4v) is 28.5. The Morgan fingerprint density at radius 3 is 1.20 bits per heavy atom. The summed E-state index contributed by atoms with van der Waals surface area (Å²) in [6.45, 7) is 55.9. The smallest absolute Gasteiger partial charge is 0 e. The monoisotopic (exact) mass is 998 g/mol. The normalized spacial score (nSPS) is 16.2. The van der Waals surface area contributed by atoms with E-state index in [4.69, 9.17) is 36.7 Å². The van der Waals surface area contributed by atoms with Crippen molar-refractivity contribution >= 4 is 25.0 Å². The van der Waals surface area contributed by atoms with Crippen LogP contribution in [0.5, 0.6) is 17.2 Å². The van der Waals surface area contributed by atoms with Gasteiger partial charge in [0.25, 0.3) is 0 Å². The first-order valence-electron chi connectivity index (χ1n) is 23.4. The summed E-state index contributed by atoms with van der Waals surface area (Å²) in [7, 11) is -5.90. The molecule has 0 bridgehead atoms. The maximum atomic E-state index is 13.3. The van der Waals surface area contributed by atoms with Crippen LogP contribution in [0.4, 0.5) is 0 Å². The van der Waals surface area contributed by atoms with Crippen molar-refractivity contribution in [1.29, 1.82) is 0 Å². The molecular weight excluding hydrogens is 917 g/mol. The number of hydrogen-bond acceptors (Lipinski definition) is 6. The van der Waals surface area contributed by atoms with Crippen molar-refractivity contribution in [1.82, 2.24) is 0 Å². The molecule has 0 aromatic heterocycles. The van der Waals surface area contributed by atoms with Gasteiger partial charge in [-0.1, -0.05) is 185 Å². The quantitative estimate of drug-likeness (QED) is 0.0724. The van der Waals surface area contributed by atoms with Gasteiger partial charge in [-0.2, -0.15) is 0 Å². The second-order valence-corrected chi connectivity index (χ2v) is 36.4. The Bertz CT molecular complexity index is 1860. The molecule has 4 rings (SSSR count). The van der Waals surface area contributed by atoms with Crippen molar-refractivity contribution in [2.75, 3.05) is 13.7 Å². The number of phenolic OH excluding ortho intramolecular Hbond substituents is 1. The van der Waals surface area contributed by atoms with E-state index in [1.807, 2.05) is 36.4 Å². The van der Waals surface area contributed by atoms with Crippen molar-refractivity contribution in [2.24, 2.45) is 0 Å². The van der Waals surface area contributed by atoms with Gasteiger partial charge in [0.1, 0.15) is 24.1 Å². The molecule has 0 saturated carbocycles. The van der Waals surface area contributed by atoms with Crippen molar-refractivity contribution in [2.45, 2.75) is 193 Å². The Balaban J connectivity index is 0.00000579. The summed E-state index contributed by atoms with van der Waals surface area (Å²) in [6, 6.07) is 20.4. The molecule has 3 atom stereocenters. The molecule has 1 heterocycles. The van der Waals surface area contributed by atoms with Gasteiger partial charge in [0.05, 0.1) is 19.3 Å². The third-order valence-electron chi connectivity index (χ3n) is 14.3. The van der Waals surface area contributed by atoms with Gasteiger partial charge in [0.2, 0.25) is 25.0 Å². The predicted octanol–water partition coefficient (Wildman–Crippen LogP) is 15.4. The largest absolute Gasteiger partial charge is 0 e. The van der Waals surface area contributed by atoms with Crippen molar-refractivity contribution in [3.05, 3.63) is 86.2 Å². The van der Waals surface area contributed by atoms with E-state index in [1.54, 1.807) is 7.11 Å². The first-order chi connectivity index (χ1) is 30.6. The van der Waals surface area contributed by atoms with E-state index in [0.717, 1.165) is 16.7 Å². The number of rotatable bonds is 19. The molecular formula is C53H82CrO9Si3. The Hall–Kier alpha value is -2.66. The molecule has 0 fully saturated rings. The summed E-state index contributed by atoms with van der Waals surface area (Å²) < 4.78 is 60.2. The van der Waals surface area contributed by atoms with Crippen molar-refractivity contribution < 1.29 is 59.2 Å². The first-order valence-corrected chi connectivity index (χ1v) is 29.9. The Morgan fingerprint density at radius 1 is 0.530 bits per heavy atom. The van der Waals surface area contributed by atoms with Crippen LogP contribution in [0, 0.1) is 20.0 Å². The predicted molar refractivity (Wildman–Crippen MR) is 270 cm³/mol. The topological polar surface area (TPSA) is 126 Å². The molecule has 1 aliphatic rings. The number of methoxy groups -OCH3 is 1.